The second-order valence-electron chi connectivity index (χ2n) is 2.29. The van der Waals surface area contributed by atoms with Gasteiger partial charge in [-0.25, -0.2) is 4.79 Å². The molecule has 0 radical (unpaired) electrons. The van der Waals surface area contributed by atoms with Gasteiger partial charge in [0.2, 0.25) is 0 Å². The highest BCUT2D eigenvalue weighted by Gasteiger charge is 2.06. The number of carboxylic acids is 1. The van der Waals surface area contributed by atoms with Gasteiger partial charge in [-0.2, -0.15) is 0 Å². The molecule has 1 rings (SSSR count). The minimum Gasteiger partial charge on any atom is -0.478 e. The maximum absolute atomic E-state index is 10.5. The molecule has 1 aromatic carbocycles. The summed E-state index contributed by atoms with van der Waals surface area (Å²) in [4.78, 5) is 10.5. The average molecular weight is 262 g/mol. The Labute approximate surface area is 78.4 Å². The molecule has 2 nitrogen and oxygen atoms in total. The van der Waals surface area contributed by atoms with Gasteiger partial charge in [-0.3, -0.25) is 0 Å². The molecular formula is C8H7IO2. The van der Waals surface area contributed by atoms with Crippen molar-refractivity contribution < 1.29 is 9.90 Å². The molecule has 58 valence electrons. The van der Waals surface area contributed by atoms with Crippen molar-refractivity contribution in [1.82, 2.24) is 0 Å². The molecule has 0 atom stereocenters. The van der Waals surface area contributed by atoms with Crippen molar-refractivity contribution in [3.8, 4) is 0 Å². The molecule has 0 fully saturated rings. The highest BCUT2D eigenvalue weighted by molar-refractivity contribution is 14.1. The summed E-state index contributed by atoms with van der Waals surface area (Å²) in [5.41, 5.74) is 1.45. The van der Waals surface area contributed by atoms with Crippen molar-refractivity contribution in [2.45, 2.75) is 6.92 Å². The minimum absolute atomic E-state index is 0.371. The van der Waals surface area contributed by atoms with Crippen molar-refractivity contribution in [2.75, 3.05) is 0 Å². The summed E-state index contributed by atoms with van der Waals surface area (Å²) in [7, 11) is 0. The van der Waals surface area contributed by atoms with Crippen molar-refractivity contribution in [1.29, 1.82) is 0 Å². The lowest BCUT2D eigenvalue weighted by molar-refractivity contribution is 0.0696. The van der Waals surface area contributed by atoms with Crippen molar-refractivity contribution in [3.63, 3.8) is 0 Å². The van der Waals surface area contributed by atoms with Crippen LogP contribution in [0.3, 0.4) is 0 Å². The Morgan fingerprint density at radius 2 is 2.18 bits per heavy atom. The lowest BCUT2D eigenvalue weighted by atomic mass is 10.2. The molecule has 0 bridgehead atoms. The van der Waals surface area contributed by atoms with E-state index in [0.717, 1.165) is 9.13 Å². The summed E-state index contributed by atoms with van der Waals surface area (Å²) >= 11 is 2.02. The van der Waals surface area contributed by atoms with Gasteiger partial charge < -0.3 is 5.11 Å². The fraction of sp³-hybridized carbons (Fsp3) is 0.125. The second kappa shape index (κ2) is 3.21. The third kappa shape index (κ3) is 1.92. The van der Waals surface area contributed by atoms with Crippen LogP contribution in [0.5, 0.6) is 0 Å². The summed E-state index contributed by atoms with van der Waals surface area (Å²) in [6.45, 7) is 1.94. The topological polar surface area (TPSA) is 37.3 Å². The molecule has 0 amide bonds. The lowest BCUT2D eigenvalue weighted by Crippen LogP contribution is -1.99. The number of hydrogen-bond acceptors (Lipinski definition) is 1. The second-order valence-corrected chi connectivity index (χ2v) is 3.45. The summed E-state index contributed by atoms with van der Waals surface area (Å²) in [5.74, 6) is -0.866. The number of carbonyl (C=O) groups is 1. The standard InChI is InChI=1S/C8H7IO2/c1-5-2-3-6(8(10)11)7(9)4-5/h2-4H,1H3,(H,10,11). The van der Waals surface area contributed by atoms with Crippen LogP contribution >= 0.6 is 22.6 Å². The van der Waals surface area contributed by atoms with E-state index in [-0.39, 0.29) is 0 Å². The Balaban J connectivity index is 3.20. The average Bonchev–Trinajstić information content (AvgIpc) is 1.85. The van der Waals surface area contributed by atoms with Crippen LogP contribution in [0.15, 0.2) is 18.2 Å². The third-order valence-electron chi connectivity index (χ3n) is 1.35. The Bertz CT molecular complexity index is 294. The van der Waals surface area contributed by atoms with Crippen LogP contribution in [0.1, 0.15) is 15.9 Å². The van der Waals surface area contributed by atoms with E-state index < -0.39 is 5.97 Å². The molecule has 0 aliphatic heterocycles. The Hall–Kier alpha value is -0.580. The predicted molar refractivity (Wildman–Crippen MR) is 50.9 cm³/mol. The number of hydrogen-bond donors (Lipinski definition) is 1. The third-order valence-corrected chi connectivity index (χ3v) is 2.25. The summed E-state index contributed by atoms with van der Waals surface area (Å²) < 4.78 is 0.787. The van der Waals surface area contributed by atoms with Crippen LogP contribution in [-0.2, 0) is 0 Å². The van der Waals surface area contributed by atoms with Gasteiger partial charge in [0, 0.05) is 3.57 Å². The molecule has 0 saturated carbocycles. The molecule has 11 heavy (non-hydrogen) atoms. The van der Waals surface area contributed by atoms with E-state index in [1.807, 2.05) is 35.6 Å². The first-order chi connectivity index (χ1) is 5.11. The predicted octanol–water partition coefficient (Wildman–Crippen LogP) is 2.30. The van der Waals surface area contributed by atoms with Gasteiger partial charge in [0.05, 0.1) is 5.56 Å². The zero-order chi connectivity index (χ0) is 8.43. The van der Waals surface area contributed by atoms with Crippen molar-refractivity contribution in [2.24, 2.45) is 0 Å². The van der Waals surface area contributed by atoms with E-state index in [1.54, 1.807) is 12.1 Å². The van der Waals surface area contributed by atoms with E-state index >= 15 is 0 Å². The Morgan fingerprint density at radius 3 is 2.64 bits per heavy atom. The number of carboxylic acid groups (broad SMARTS) is 1. The SMILES string of the molecule is Cc1ccc(C(=O)O)c(I)c1. The van der Waals surface area contributed by atoms with Gasteiger partial charge in [-0.05, 0) is 41.6 Å². The first kappa shape index (κ1) is 8.52. The van der Waals surface area contributed by atoms with Gasteiger partial charge in [-0.1, -0.05) is 11.6 Å². The Morgan fingerprint density at radius 1 is 1.55 bits per heavy atom. The molecule has 1 N–H and O–H groups in total. The van der Waals surface area contributed by atoms with E-state index in [2.05, 4.69) is 0 Å². The van der Waals surface area contributed by atoms with Gasteiger partial charge in [-0.15, -0.1) is 0 Å². The van der Waals surface area contributed by atoms with Crippen LogP contribution < -0.4 is 0 Å². The largest absolute Gasteiger partial charge is 0.478 e. The van der Waals surface area contributed by atoms with E-state index in [1.165, 1.54) is 0 Å². The zero-order valence-corrected chi connectivity index (χ0v) is 8.12. The van der Waals surface area contributed by atoms with Crippen LogP contribution in [-0.4, -0.2) is 11.1 Å². The highest BCUT2D eigenvalue weighted by Crippen LogP contribution is 2.13. The normalized spacial score (nSPS) is 9.64. The van der Waals surface area contributed by atoms with Gasteiger partial charge in [0.25, 0.3) is 0 Å². The number of aryl methyl sites for hydroxylation is 1. The molecule has 0 aliphatic rings. The van der Waals surface area contributed by atoms with Gasteiger partial charge in [0.1, 0.15) is 0 Å². The number of benzene rings is 1. The monoisotopic (exact) mass is 262 g/mol. The number of rotatable bonds is 1. The lowest BCUT2D eigenvalue weighted by Gasteiger charge is -1.98. The fourth-order valence-corrected chi connectivity index (χ4v) is 1.70. The molecular weight excluding hydrogens is 255 g/mol. The fourth-order valence-electron chi connectivity index (χ4n) is 0.794. The molecule has 0 saturated heterocycles. The number of halogens is 1. The molecule has 3 heteroatoms. The van der Waals surface area contributed by atoms with Gasteiger partial charge in [0.15, 0.2) is 0 Å². The minimum atomic E-state index is -0.866. The van der Waals surface area contributed by atoms with E-state index in [9.17, 15) is 4.79 Å². The highest BCUT2D eigenvalue weighted by atomic mass is 127. The maximum Gasteiger partial charge on any atom is 0.336 e. The first-order valence-electron chi connectivity index (χ1n) is 3.10. The summed E-state index contributed by atoms with van der Waals surface area (Å²) in [6, 6.07) is 5.27. The summed E-state index contributed by atoms with van der Waals surface area (Å²) in [5, 5.41) is 8.65. The van der Waals surface area contributed by atoms with Crippen LogP contribution in [0.25, 0.3) is 0 Å². The van der Waals surface area contributed by atoms with Crippen LogP contribution in [0, 0.1) is 10.5 Å². The molecule has 0 heterocycles. The van der Waals surface area contributed by atoms with E-state index in [0.29, 0.717) is 5.56 Å². The smallest absolute Gasteiger partial charge is 0.336 e. The summed E-state index contributed by atoms with van der Waals surface area (Å²) in [6.07, 6.45) is 0. The number of aromatic carboxylic acids is 1. The van der Waals surface area contributed by atoms with Crippen LogP contribution in [0.4, 0.5) is 0 Å². The zero-order valence-electron chi connectivity index (χ0n) is 5.97. The quantitative estimate of drug-likeness (QED) is 0.788. The Kier molecular flexibility index (Phi) is 2.49. The maximum atomic E-state index is 10.5. The van der Waals surface area contributed by atoms with Gasteiger partial charge >= 0.3 is 5.97 Å². The molecule has 0 spiro atoms. The van der Waals surface area contributed by atoms with E-state index in [4.69, 9.17) is 5.11 Å². The molecule has 0 aliphatic carbocycles. The van der Waals surface area contributed by atoms with Crippen molar-refractivity contribution in [3.05, 3.63) is 32.9 Å². The molecule has 0 aromatic heterocycles. The van der Waals surface area contributed by atoms with Crippen molar-refractivity contribution >= 4 is 28.6 Å². The molecule has 1 aromatic rings. The molecule has 0 unspecified atom stereocenters. The first-order valence-corrected chi connectivity index (χ1v) is 4.18. The van der Waals surface area contributed by atoms with Crippen LogP contribution in [0.2, 0.25) is 0 Å².